The van der Waals surface area contributed by atoms with Gasteiger partial charge in [-0.15, -0.1) is 11.3 Å². The molecule has 0 aliphatic heterocycles. The van der Waals surface area contributed by atoms with Crippen molar-refractivity contribution in [1.82, 2.24) is 10.2 Å². The molecule has 2 aromatic rings. The second-order valence-corrected chi connectivity index (χ2v) is 6.20. The molecule has 2 rings (SSSR count). The van der Waals surface area contributed by atoms with E-state index in [0.29, 0.717) is 13.1 Å². The predicted octanol–water partition coefficient (Wildman–Crippen LogP) is 3.83. The zero-order chi connectivity index (χ0) is 15.1. The van der Waals surface area contributed by atoms with Crippen LogP contribution in [0, 0.1) is 6.92 Å². The molecule has 4 heteroatoms. The van der Waals surface area contributed by atoms with Gasteiger partial charge in [0.25, 0.3) is 0 Å². The van der Waals surface area contributed by atoms with Crippen molar-refractivity contribution >= 4 is 17.4 Å². The molecule has 1 heterocycles. The van der Waals surface area contributed by atoms with Crippen LogP contribution in [0.15, 0.2) is 41.8 Å². The molecule has 1 aromatic carbocycles. The number of benzene rings is 1. The summed E-state index contributed by atoms with van der Waals surface area (Å²) in [4.78, 5) is 15.0. The van der Waals surface area contributed by atoms with E-state index in [1.54, 1.807) is 16.2 Å². The molecule has 0 radical (unpaired) electrons. The highest BCUT2D eigenvalue weighted by atomic mass is 32.1. The molecular formula is C17H22N2OS. The van der Waals surface area contributed by atoms with Gasteiger partial charge < -0.3 is 10.2 Å². The molecule has 21 heavy (non-hydrogen) atoms. The smallest absolute Gasteiger partial charge is 0.317 e. The molecule has 0 aliphatic rings. The Morgan fingerprint density at radius 3 is 2.67 bits per heavy atom. The Balaban J connectivity index is 1.68. The van der Waals surface area contributed by atoms with Crippen molar-refractivity contribution in [3.8, 4) is 0 Å². The Morgan fingerprint density at radius 2 is 2.00 bits per heavy atom. The highest BCUT2D eigenvalue weighted by Crippen LogP contribution is 2.17. The Labute approximate surface area is 130 Å². The number of urea groups is 1. The predicted molar refractivity (Wildman–Crippen MR) is 88.7 cm³/mol. The fraction of sp³-hybridized carbons (Fsp3) is 0.353. The molecule has 0 aliphatic carbocycles. The molecule has 0 unspecified atom stereocenters. The van der Waals surface area contributed by atoms with E-state index in [4.69, 9.17) is 0 Å². The molecule has 0 bridgehead atoms. The molecule has 0 saturated carbocycles. The summed E-state index contributed by atoms with van der Waals surface area (Å²) in [6.07, 6.45) is 1.95. The topological polar surface area (TPSA) is 32.3 Å². The molecule has 0 spiro atoms. The van der Waals surface area contributed by atoms with Gasteiger partial charge in [-0.3, -0.25) is 0 Å². The van der Waals surface area contributed by atoms with Gasteiger partial charge in [-0.05, 0) is 42.3 Å². The lowest BCUT2D eigenvalue weighted by molar-refractivity contribution is 0.207. The fourth-order valence-corrected chi connectivity index (χ4v) is 3.08. The summed E-state index contributed by atoms with van der Waals surface area (Å²) in [5.74, 6) is 0. The van der Waals surface area contributed by atoms with Gasteiger partial charge in [-0.2, -0.15) is 0 Å². The lowest BCUT2D eigenvalue weighted by atomic mass is 10.1. The zero-order valence-corrected chi connectivity index (χ0v) is 13.5. The van der Waals surface area contributed by atoms with E-state index in [1.165, 1.54) is 16.0 Å². The van der Waals surface area contributed by atoms with Crippen LogP contribution in [-0.2, 0) is 13.0 Å². The quantitative estimate of drug-likeness (QED) is 0.808. The van der Waals surface area contributed by atoms with Crippen LogP contribution in [0.25, 0.3) is 0 Å². The van der Waals surface area contributed by atoms with Gasteiger partial charge >= 0.3 is 6.03 Å². The maximum Gasteiger partial charge on any atom is 0.317 e. The monoisotopic (exact) mass is 302 g/mol. The van der Waals surface area contributed by atoms with Gasteiger partial charge in [0, 0.05) is 18.5 Å². The first-order valence-electron chi connectivity index (χ1n) is 7.22. The van der Waals surface area contributed by atoms with E-state index >= 15 is 0 Å². The minimum atomic E-state index is -0.00383. The summed E-state index contributed by atoms with van der Waals surface area (Å²) in [6.45, 7) is 3.47. The van der Waals surface area contributed by atoms with E-state index in [9.17, 15) is 4.79 Å². The number of carbonyl (C=O) groups is 1. The second-order valence-electron chi connectivity index (χ2n) is 5.20. The van der Waals surface area contributed by atoms with E-state index in [0.717, 1.165) is 12.8 Å². The van der Waals surface area contributed by atoms with Gasteiger partial charge in [0.05, 0.1) is 6.54 Å². The third kappa shape index (κ3) is 4.90. The first-order chi connectivity index (χ1) is 10.2. The van der Waals surface area contributed by atoms with Crippen LogP contribution in [0.1, 0.15) is 22.4 Å². The summed E-state index contributed by atoms with van der Waals surface area (Å²) in [5.41, 5.74) is 2.57. The second kappa shape index (κ2) is 7.84. The normalized spacial score (nSPS) is 10.4. The van der Waals surface area contributed by atoms with E-state index in [1.807, 2.05) is 25.2 Å². The Bertz CT molecular complexity index is 565. The van der Waals surface area contributed by atoms with Crippen molar-refractivity contribution in [3.63, 3.8) is 0 Å². The first-order valence-corrected chi connectivity index (χ1v) is 8.10. The standard InChI is InChI=1S/C17H22N2OS/c1-14-10-12-21-16(14)13-19(2)17(20)18-11-6-9-15-7-4-3-5-8-15/h3-5,7-8,10,12H,6,9,11,13H2,1-2H3,(H,18,20). The Kier molecular flexibility index (Phi) is 5.81. The van der Waals surface area contributed by atoms with Gasteiger partial charge in [-0.1, -0.05) is 30.3 Å². The van der Waals surface area contributed by atoms with Crippen molar-refractivity contribution < 1.29 is 4.79 Å². The van der Waals surface area contributed by atoms with Crippen LogP contribution in [0.3, 0.4) is 0 Å². The van der Waals surface area contributed by atoms with Crippen LogP contribution < -0.4 is 5.32 Å². The first kappa shape index (κ1) is 15.6. The molecular weight excluding hydrogens is 280 g/mol. The summed E-state index contributed by atoms with van der Waals surface area (Å²) in [7, 11) is 1.84. The van der Waals surface area contributed by atoms with Crippen LogP contribution in [0.5, 0.6) is 0 Å². The van der Waals surface area contributed by atoms with Crippen molar-refractivity contribution in [1.29, 1.82) is 0 Å². The highest BCUT2D eigenvalue weighted by Gasteiger charge is 2.10. The lowest BCUT2D eigenvalue weighted by Crippen LogP contribution is -2.37. The van der Waals surface area contributed by atoms with Crippen molar-refractivity contribution in [2.75, 3.05) is 13.6 Å². The molecule has 2 amide bonds. The number of rotatable bonds is 6. The largest absolute Gasteiger partial charge is 0.338 e. The van der Waals surface area contributed by atoms with Crippen molar-refractivity contribution in [3.05, 3.63) is 57.8 Å². The molecule has 112 valence electrons. The van der Waals surface area contributed by atoms with Crippen LogP contribution in [-0.4, -0.2) is 24.5 Å². The summed E-state index contributed by atoms with van der Waals surface area (Å²) >= 11 is 1.70. The SMILES string of the molecule is Cc1ccsc1CN(C)C(=O)NCCCc1ccccc1. The molecule has 0 atom stereocenters. The third-order valence-electron chi connectivity index (χ3n) is 3.46. The van der Waals surface area contributed by atoms with Crippen LogP contribution in [0.4, 0.5) is 4.79 Å². The number of hydrogen-bond donors (Lipinski definition) is 1. The number of thiophene rings is 1. The van der Waals surface area contributed by atoms with E-state index < -0.39 is 0 Å². The van der Waals surface area contributed by atoms with E-state index in [2.05, 4.69) is 35.8 Å². The molecule has 0 fully saturated rings. The van der Waals surface area contributed by atoms with Gasteiger partial charge in [-0.25, -0.2) is 4.79 Å². The van der Waals surface area contributed by atoms with Crippen molar-refractivity contribution in [2.24, 2.45) is 0 Å². The van der Waals surface area contributed by atoms with Gasteiger partial charge in [0.15, 0.2) is 0 Å². The molecule has 3 nitrogen and oxygen atoms in total. The zero-order valence-electron chi connectivity index (χ0n) is 12.6. The van der Waals surface area contributed by atoms with Crippen LogP contribution >= 0.6 is 11.3 Å². The number of carbonyl (C=O) groups excluding carboxylic acids is 1. The number of hydrogen-bond acceptors (Lipinski definition) is 2. The lowest BCUT2D eigenvalue weighted by Gasteiger charge is -2.17. The Morgan fingerprint density at radius 1 is 1.24 bits per heavy atom. The average molecular weight is 302 g/mol. The average Bonchev–Trinajstić information content (AvgIpc) is 2.89. The molecule has 1 aromatic heterocycles. The number of aryl methyl sites for hydroxylation is 2. The summed E-state index contributed by atoms with van der Waals surface area (Å²) in [5, 5.41) is 5.04. The maximum absolute atomic E-state index is 12.0. The van der Waals surface area contributed by atoms with Gasteiger partial charge in [0.1, 0.15) is 0 Å². The number of nitrogens with one attached hydrogen (secondary N) is 1. The summed E-state index contributed by atoms with van der Waals surface area (Å²) < 4.78 is 0. The highest BCUT2D eigenvalue weighted by molar-refractivity contribution is 7.10. The Hall–Kier alpha value is -1.81. The van der Waals surface area contributed by atoms with Crippen molar-refractivity contribution in [2.45, 2.75) is 26.3 Å². The number of amides is 2. The van der Waals surface area contributed by atoms with Crippen LogP contribution in [0.2, 0.25) is 0 Å². The fourth-order valence-electron chi connectivity index (χ4n) is 2.12. The molecule has 0 saturated heterocycles. The minimum Gasteiger partial charge on any atom is -0.338 e. The molecule has 1 N–H and O–H groups in total. The minimum absolute atomic E-state index is 0.00383. The maximum atomic E-state index is 12.0. The van der Waals surface area contributed by atoms with Gasteiger partial charge in [0.2, 0.25) is 0 Å². The van der Waals surface area contributed by atoms with E-state index in [-0.39, 0.29) is 6.03 Å². The summed E-state index contributed by atoms with van der Waals surface area (Å²) in [6, 6.07) is 12.4. The third-order valence-corrected chi connectivity index (χ3v) is 4.46. The number of nitrogens with zero attached hydrogens (tertiary/aromatic N) is 1.